The summed E-state index contributed by atoms with van der Waals surface area (Å²) >= 11 is 5.86. The Bertz CT molecular complexity index is 857. The van der Waals surface area contributed by atoms with Crippen molar-refractivity contribution in [3.63, 3.8) is 0 Å². The molecule has 0 atom stereocenters. The van der Waals surface area contributed by atoms with E-state index < -0.39 is 11.7 Å². The molecule has 0 aliphatic carbocycles. The molecule has 0 spiro atoms. The number of alkyl halides is 3. The molecule has 0 unspecified atom stereocenters. The minimum Gasteiger partial charge on any atom is -0.469 e. The minimum absolute atomic E-state index is 0.0194. The Morgan fingerprint density at radius 3 is 2.54 bits per heavy atom. The fourth-order valence-corrected chi connectivity index (χ4v) is 2.17. The number of rotatable bonds is 7. The van der Waals surface area contributed by atoms with Gasteiger partial charge in [0, 0.05) is 0 Å². The van der Waals surface area contributed by atoms with E-state index in [4.69, 9.17) is 32.4 Å². The summed E-state index contributed by atoms with van der Waals surface area (Å²) in [6.07, 6.45) is -4.39. The number of aromatic nitrogens is 1. The van der Waals surface area contributed by atoms with Gasteiger partial charge in [0.05, 0.1) is 16.8 Å². The highest BCUT2D eigenvalue weighted by Crippen LogP contribution is 2.29. The molecule has 0 amide bonds. The van der Waals surface area contributed by atoms with Crippen LogP contribution >= 0.6 is 11.6 Å². The van der Waals surface area contributed by atoms with Crippen molar-refractivity contribution in [2.24, 2.45) is 11.0 Å². The van der Waals surface area contributed by atoms with E-state index in [0.717, 1.165) is 12.1 Å². The van der Waals surface area contributed by atoms with E-state index >= 15 is 0 Å². The molecule has 0 fully saturated rings. The van der Waals surface area contributed by atoms with E-state index in [2.05, 4.69) is 15.6 Å². The molecule has 0 bridgehead atoms. The fourth-order valence-electron chi connectivity index (χ4n) is 2.03. The van der Waals surface area contributed by atoms with Crippen LogP contribution in [0.4, 0.5) is 13.2 Å². The van der Waals surface area contributed by atoms with Gasteiger partial charge in [-0.05, 0) is 36.8 Å². The first-order chi connectivity index (χ1) is 13.2. The maximum absolute atomic E-state index is 12.6. The maximum atomic E-state index is 12.6. The first-order valence-corrected chi connectivity index (χ1v) is 8.25. The molecule has 150 valence electrons. The molecule has 1 aromatic carbocycles. The second-order valence-corrected chi connectivity index (χ2v) is 5.93. The lowest BCUT2D eigenvalue weighted by atomic mass is 10.1. The number of hydrazine groups is 1. The molecule has 11 heteroatoms. The van der Waals surface area contributed by atoms with E-state index in [-0.39, 0.29) is 30.1 Å². The highest BCUT2D eigenvalue weighted by molar-refractivity contribution is 6.29. The summed E-state index contributed by atoms with van der Waals surface area (Å²) in [7, 11) is 0. The van der Waals surface area contributed by atoms with Crippen LogP contribution in [0.5, 0.6) is 5.88 Å². The fraction of sp³-hybridized carbons (Fsp3) is 0.235. The Labute approximate surface area is 163 Å². The number of nitrogens with two attached hydrogens (primary N) is 1. The predicted octanol–water partition coefficient (Wildman–Crippen LogP) is 3.51. The van der Waals surface area contributed by atoms with Crippen LogP contribution in [0, 0.1) is 5.41 Å². The lowest BCUT2D eigenvalue weighted by molar-refractivity contribution is -0.137. The number of amidine groups is 1. The number of oxime groups is 1. The summed E-state index contributed by atoms with van der Waals surface area (Å²) in [4.78, 5) is 9.24. The molecule has 1 heterocycles. The predicted molar refractivity (Wildman–Crippen MR) is 98.2 cm³/mol. The van der Waals surface area contributed by atoms with E-state index in [1.54, 1.807) is 13.0 Å². The van der Waals surface area contributed by atoms with Crippen LogP contribution in [0.15, 0.2) is 41.6 Å². The van der Waals surface area contributed by atoms with Gasteiger partial charge in [0.2, 0.25) is 5.88 Å². The lowest BCUT2D eigenvalue weighted by Gasteiger charge is -2.11. The number of hydrogen-bond donors (Lipinski definition) is 3. The molecule has 2 rings (SSSR count). The third kappa shape index (κ3) is 6.10. The average molecular weight is 416 g/mol. The Hall–Kier alpha value is -2.85. The molecule has 1 aromatic heterocycles. The van der Waals surface area contributed by atoms with Crippen molar-refractivity contribution >= 4 is 23.1 Å². The van der Waals surface area contributed by atoms with Crippen LogP contribution in [0.3, 0.4) is 0 Å². The van der Waals surface area contributed by atoms with Gasteiger partial charge in [-0.3, -0.25) is 5.41 Å². The van der Waals surface area contributed by atoms with Crippen LogP contribution in [0.1, 0.15) is 23.6 Å². The number of halogens is 4. The first kappa shape index (κ1) is 21.5. The normalized spacial score (nSPS) is 11.9. The molecule has 0 saturated carbocycles. The van der Waals surface area contributed by atoms with E-state index in [9.17, 15) is 13.2 Å². The van der Waals surface area contributed by atoms with Gasteiger partial charge in [-0.2, -0.15) is 13.2 Å². The molecule has 0 aliphatic heterocycles. The molecular formula is C17H17ClF3N5O2. The molecule has 7 nitrogen and oxygen atoms in total. The summed E-state index contributed by atoms with van der Waals surface area (Å²) in [6, 6.07) is 7.74. The molecular weight excluding hydrogens is 399 g/mol. The van der Waals surface area contributed by atoms with Gasteiger partial charge in [0.25, 0.3) is 0 Å². The smallest absolute Gasteiger partial charge is 0.416 e. The first-order valence-electron chi connectivity index (χ1n) is 7.87. The summed E-state index contributed by atoms with van der Waals surface area (Å²) < 4.78 is 43.1. The van der Waals surface area contributed by atoms with Crippen molar-refractivity contribution in [3.8, 4) is 5.88 Å². The van der Waals surface area contributed by atoms with Crippen LogP contribution in [-0.2, 0) is 17.6 Å². The quantitative estimate of drug-likeness (QED) is 0.211. The van der Waals surface area contributed by atoms with Crippen molar-refractivity contribution in [3.05, 3.63) is 58.2 Å². The van der Waals surface area contributed by atoms with Crippen molar-refractivity contribution in [1.82, 2.24) is 10.4 Å². The highest BCUT2D eigenvalue weighted by atomic mass is 35.5. The Kier molecular flexibility index (Phi) is 7.18. The van der Waals surface area contributed by atoms with Crippen LogP contribution in [0.25, 0.3) is 0 Å². The number of pyridine rings is 1. The van der Waals surface area contributed by atoms with Gasteiger partial charge >= 0.3 is 6.18 Å². The SMILES string of the molecule is C/C(=N\OCc1ccc(C(F)(F)F)cc1)c1ccc(Cl)nc1OCC(=N)NN. The third-order valence-electron chi connectivity index (χ3n) is 3.46. The third-order valence-corrected chi connectivity index (χ3v) is 3.67. The summed E-state index contributed by atoms with van der Waals surface area (Å²) in [5.74, 6) is 5.17. The minimum atomic E-state index is -4.39. The summed E-state index contributed by atoms with van der Waals surface area (Å²) in [5, 5.41) is 11.6. The summed E-state index contributed by atoms with van der Waals surface area (Å²) in [6.45, 7) is 1.46. The Morgan fingerprint density at radius 2 is 1.93 bits per heavy atom. The van der Waals surface area contributed by atoms with Crippen molar-refractivity contribution < 1.29 is 22.7 Å². The standard InChI is InChI=1S/C17H17ClF3N5O2/c1-10(13-6-7-14(18)24-16(13)27-9-15(22)25-23)26-28-8-11-2-4-12(5-3-11)17(19,20)21/h2-7H,8-9,23H2,1H3,(H2,22,25)/b26-10+. The van der Waals surface area contributed by atoms with Crippen LogP contribution in [-0.4, -0.2) is 23.1 Å². The maximum Gasteiger partial charge on any atom is 0.416 e. The molecule has 0 aliphatic rings. The second kappa shape index (κ2) is 9.38. The number of ether oxygens (including phenoxy) is 1. The van der Waals surface area contributed by atoms with Gasteiger partial charge in [0.15, 0.2) is 0 Å². The van der Waals surface area contributed by atoms with E-state index in [0.29, 0.717) is 16.8 Å². The van der Waals surface area contributed by atoms with Crippen molar-refractivity contribution in [1.29, 1.82) is 5.41 Å². The molecule has 0 saturated heterocycles. The van der Waals surface area contributed by atoms with Gasteiger partial charge in [-0.25, -0.2) is 10.8 Å². The zero-order chi connectivity index (χ0) is 20.7. The van der Waals surface area contributed by atoms with E-state index in [1.165, 1.54) is 18.2 Å². The lowest BCUT2D eigenvalue weighted by Crippen LogP contribution is -2.34. The number of benzene rings is 1. The van der Waals surface area contributed by atoms with Gasteiger partial charge in [-0.15, -0.1) is 0 Å². The van der Waals surface area contributed by atoms with Gasteiger partial charge in [0.1, 0.15) is 24.2 Å². The topological polar surface area (TPSA) is 106 Å². The van der Waals surface area contributed by atoms with Crippen LogP contribution in [0.2, 0.25) is 5.15 Å². The molecule has 2 aromatic rings. The zero-order valence-corrected chi connectivity index (χ0v) is 15.4. The molecule has 0 radical (unpaired) electrons. The Balaban J connectivity index is 2.05. The van der Waals surface area contributed by atoms with Crippen molar-refractivity contribution in [2.75, 3.05) is 6.61 Å². The monoisotopic (exact) mass is 415 g/mol. The zero-order valence-electron chi connectivity index (χ0n) is 14.7. The van der Waals surface area contributed by atoms with Crippen LogP contribution < -0.4 is 16.0 Å². The van der Waals surface area contributed by atoms with Gasteiger partial charge < -0.3 is 15.0 Å². The van der Waals surface area contributed by atoms with Crippen molar-refractivity contribution in [2.45, 2.75) is 19.7 Å². The highest BCUT2D eigenvalue weighted by Gasteiger charge is 2.29. The number of hydrogen-bond acceptors (Lipinski definition) is 6. The van der Waals surface area contributed by atoms with E-state index in [1.807, 2.05) is 0 Å². The van der Waals surface area contributed by atoms with Gasteiger partial charge in [-0.1, -0.05) is 28.9 Å². The summed E-state index contributed by atoms with van der Waals surface area (Å²) in [5.41, 5.74) is 2.80. The average Bonchev–Trinajstić information content (AvgIpc) is 2.65. The number of nitrogens with one attached hydrogen (secondary N) is 2. The number of nitrogens with zero attached hydrogens (tertiary/aromatic N) is 2. The molecule has 28 heavy (non-hydrogen) atoms. The molecule has 4 N–H and O–H groups in total. The Morgan fingerprint density at radius 1 is 1.25 bits per heavy atom. The second-order valence-electron chi connectivity index (χ2n) is 5.54. The largest absolute Gasteiger partial charge is 0.469 e.